The van der Waals surface area contributed by atoms with Gasteiger partial charge in [0, 0.05) is 6.42 Å². The van der Waals surface area contributed by atoms with Gasteiger partial charge in [-0.2, -0.15) is 0 Å². The summed E-state index contributed by atoms with van der Waals surface area (Å²) in [7, 11) is 2.59. The summed E-state index contributed by atoms with van der Waals surface area (Å²) in [5.41, 5.74) is 3.74. The number of ether oxygens (including phenoxy) is 5. The van der Waals surface area contributed by atoms with Crippen LogP contribution in [-0.4, -0.2) is 55.1 Å². The standard InChI is InChI=1S/C32H37N3O9/c1-32(2,3)44-29(37)33-25-18-24(16-17-27(25)40-4)19-26(28(36)41-5)35(31(39)43-21-23-14-10-7-11-15-23)34-30(38)42-20-22-12-8-6-9-13-22/h6-18,26H,19-21H2,1-5H3,(H,33,37)(H,34,38). The lowest BCUT2D eigenvalue weighted by molar-refractivity contribution is -0.147. The van der Waals surface area contributed by atoms with E-state index in [1.54, 1.807) is 87.5 Å². The molecule has 3 aromatic carbocycles. The highest BCUT2D eigenvalue weighted by atomic mass is 16.6. The Balaban J connectivity index is 1.87. The predicted octanol–water partition coefficient (Wildman–Crippen LogP) is 5.61. The van der Waals surface area contributed by atoms with E-state index in [1.165, 1.54) is 7.11 Å². The number of rotatable bonds is 10. The first-order valence-electron chi connectivity index (χ1n) is 13.7. The van der Waals surface area contributed by atoms with Gasteiger partial charge in [-0.3, -0.25) is 5.32 Å². The smallest absolute Gasteiger partial charge is 0.429 e. The van der Waals surface area contributed by atoms with Crippen LogP contribution in [0, 0.1) is 0 Å². The molecule has 0 aromatic heterocycles. The van der Waals surface area contributed by atoms with Gasteiger partial charge in [0.2, 0.25) is 0 Å². The van der Waals surface area contributed by atoms with Gasteiger partial charge < -0.3 is 23.7 Å². The van der Waals surface area contributed by atoms with Crippen LogP contribution >= 0.6 is 0 Å². The molecule has 3 rings (SSSR count). The Morgan fingerprint density at radius 3 is 1.91 bits per heavy atom. The minimum absolute atomic E-state index is 0.0827. The summed E-state index contributed by atoms with van der Waals surface area (Å²) >= 11 is 0. The van der Waals surface area contributed by atoms with Gasteiger partial charge in [0.1, 0.15) is 24.6 Å². The van der Waals surface area contributed by atoms with Gasteiger partial charge in [-0.1, -0.05) is 66.7 Å². The molecule has 3 amide bonds. The molecular formula is C32H37N3O9. The molecular weight excluding hydrogens is 570 g/mol. The fraction of sp³-hybridized carbons (Fsp3) is 0.312. The normalized spacial score (nSPS) is 11.4. The van der Waals surface area contributed by atoms with Crippen molar-refractivity contribution in [1.29, 1.82) is 0 Å². The van der Waals surface area contributed by atoms with Crippen LogP contribution in [0.5, 0.6) is 5.75 Å². The number of benzene rings is 3. The van der Waals surface area contributed by atoms with Gasteiger partial charge in [0.05, 0.1) is 19.9 Å². The minimum Gasteiger partial charge on any atom is -0.495 e. The Labute approximate surface area is 256 Å². The van der Waals surface area contributed by atoms with E-state index < -0.39 is 35.9 Å². The fourth-order valence-electron chi connectivity index (χ4n) is 3.93. The maximum absolute atomic E-state index is 13.4. The molecule has 0 saturated heterocycles. The van der Waals surface area contributed by atoms with Crippen molar-refractivity contribution in [3.63, 3.8) is 0 Å². The number of hydrogen-bond donors (Lipinski definition) is 2. The first kappa shape index (κ1) is 33.2. The molecule has 0 bridgehead atoms. The van der Waals surface area contributed by atoms with Gasteiger partial charge in [-0.25, -0.2) is 29.6 Å². The van der Waals surface area contributed by atoms with Gasteiger partial charge in [-0.05, 0) is 49.6 Å². The fourth-order valence-corrected chi connectivity index (χ4v) is 3.93. The van der Waals surface area contributed by atoms with E-state index in [4.69, 9.17) is 23.7 Å². The minimum atomic E-state index is -1.39. The number of amides is 3. The Kier molecular flexibility index (Phi) is 12.0. The zero-order valence-corrected chi connectivity index (χ0v) is 25.3. The first-order valence-corrected chi connectivity index (χ1v) is 13.7. The number of nitrogens with zero attached hydrogens (tertiary/aromatic N) is 1. The van der Waals surface area contributed by atoms with Crippen LogP contribution in [0.3, 0.4) is 0 Å². The van der Waals surface area contributed by atoms with Crippen molar-refractivity contribution in [2.75, 3.05) is 19.5 Å². The molecule has 12 nitrogen and oxygen atoms in total. The molecule has 0 saturated carbocycles. The number of esters is 1. The number of carbonyl (C=O) groups is 4. The molecule has 1 atom stereocenters. The van der Waals surface area contributed by atoms with Gasteiger partial charge in [0.15, 0.2) is 6.04 Å². The average Bonchev–Trinajstić information content (AvgIpc) is 3.00. The summed E-state index contributed by atoms with van der Waals surface area (Å²) < 4.78 is 26.4. The molecule has 0 aliphatic heterocycles. The number of methoxy groups -OCH3 is 2. The van der Waals surface area contributed by atoms with E-state index in [2.05, 4.69) is 10.7 Å². The monoisotopic (exact) mass is 607 g/mol. The molecule has 0 spiro atoms. The van der Waals surface area contributed by atoms with E-state index in [-0.39, 0.29) is 25.3 Å². The molecule has 12 heteroatoms. The van der Waals surface area contributed by atoms with Gasteiger partial charge >= 0.3 is 24.2 Å². The SMILES string of the molecule is COC(=O)C(Cc1ccc(OC)c(NC(=O)OC(C)(C)C)c1)N(NC(=O)OCc1ccccc1)C(=O)OCc1ccccc1. The highest BCUT2D eigenvalue weighted by molar-refractivity contribution is 5.87. The van der Waals surface area contributed by atoms with E-state index in [0.717, 1.165) is 12.1 Å². The van der Waals surface area contributed by atoms with Crippen molar-refractivity contribution >= 4 is 29.9 Å². The topological polar surface area (TPSA) is 142 Å². The maximum Gasteiger partial charge on any atom is 0.429 e. The van der Waals surface area contributed by atoms with Crippen molar-refractivity contribution < 1.29 is 42.9 Å². The zero-order valence-electron chi connectivity index (χ0n) is 25.3. The van der Waals surface area contributed by atoms with Crippen LogP contribution < -0.4 is 15.5 Å². The number of carbonyl (C=O) groups excluding carboxylic acids is 4. The molecule has 1 unspecified atom stereocenters. The Bertz CT molecular complexity index is 1410. The third-order valence-corrected chi connectivity index (χ3v) is 5.94. The zero-order chi connectivity index (χ0) is 32.1. The van der Waals surface area contributed by atoms with Crippen LogP contribution in [0.1, 0.15) is 37.5 Å². The van der Waals surface area contributed by atoms with Gasteiger partial charge in [0.25, 0.3) is 0 Å². The van der Waals surface area contributed by atoms with Crippen LogP contribution in [0.2, 0.25) is 0 Å². The number of anilines is 1. The summed E-state index contributed by atoms with van der Waals surface area (Å²) in [5, 5.41) is 3.36. The molecule has 0 heterocycles. The lowest BCUT2D eigenvalue weighted by atomic mass is 10.0. The molecule has 0 radical (unpaired) electrons. The molecule has 0 aliphatic carbocycles. The molecule has 2 N–H and O–H groups in total. The van der Waals surface area contributed by atoms with E-state index in [1.807, 2.05) is 12.1 Å². The predicted molar refractivity (Wildman–Crippen MR) is 161 cm³/mol. The van der Waals surface area contributed by atoms with Crippen LogP contribution in [0.25, 0.3) is 0 Å². The lowest BCUT2D eigenvalue weighted by Crippen LogP contribution is -2.56. The van der Waals surface area contributed by atoms with Crippen molar-refractivity contribution in [1.82, 2.24) is 10.4 Å². The second kappa shape index (κ2) is 15.8. The van der Waals surface area contributed by atoms with E-state index in [0.29, 0.717) is 22.4 Å². The number of hydrazine groups is 1. The van der Waals surface area contributed by atoms with Crippen LogP contribution in [0.4, 0.5) is 20.1 Å². The van der Waals surface area contributed by atoms with Crippen molar-refractivity contribution in [2.45, 2.75) is 52.0 Å². The van der Waals surface area contributed by atoms with E-state index >= 15 is 0 Å². The molecule has 3 aromatic rings. The Morgan fingerprint density at radius 2 is 1.36 bits per heavy atom. The van der Waals surface area contributed by atoms with Crippen LogP contribution in [-0.2, 0) is 43.4 Å². The molecule has 0 aliphatic rings. The third-order valence-electron chi connectivity index (χ3n) is 5.94. The maximum atomic E-state index is 13.4. The number of hydrogen-bond acceptors (Lipinski definition) is 9. The summed E-state index contributed by atoms with van der Waals surface area (Å²) in [6.07, 6.45) is -2.90. The quantitative estimate of drug-likeness (QED) is 0.171. The van der Waals surface area contributed by atoms with Crippen LogP contribution in [0.15, 0.2) is 78.9 Å². The number of nitrogens with one attached hydrogen (secondary N) is 2. The Hall–Kier alpha value is -5.26. The molecule has 0 fully saturated rings. The average molecular weight is 608 g/mol. The molecule has 44 heavy (non-hydrogen) atoms. The molecule has 234 valence electrons. The first-order chi connectivity index (χ1) is 21.0. The second-order valence-electron chi connectivity index (χ2n) is 10.5. The summed E-state index contributed by atoms with van der Waals surface area (Å²) in [5.74, 6) is -0.515. The van der Waals surface area contributed by atoms with Crippen molar-refractivity contribution in [2.24, 2.45) is 0 Å². The third kappa shape index (κ3) is 10.5. The Morgan fingerprint density at radius 1 is 0.773 bits per heavy atom. The second-order valence-corrected chi connectivity index (χ2v) is 10.5. The highest BCUT2D eigenvalue weighted by Crippen LogP contribution is 2.27. The van der Waals surface area contributed by atoms with E-state index in [9.17, 15) is 19.2 Å². The largest absolute Gasteiger partial charge is 0.495 e. The van der Waals surface area contributed by atoms with Crippen molar-refractivity contribution in [3.8, 4) is 5.75 Å². The van der Waals surface area contributed by atoms with Crippen molar-refractivity contribution in [3.05, 3.63) is 95.6 Å². The van der Waals surface area contributed by atoms with Gasteiger partial charge in [-0.15, -0.1) is 0 Å². The summed E-state index contributed by atoms with van der Waals surface area (Å²) in [6, 6.07) is 21.2. The summed E-state index contributed by atoms with van der Waals surface area (Å²) in [4.78, 5) is 51.7. The highest BCUT2D eigenvalue weighted by Gasteiger charge is 2.35. The summed E-state index contributed by atoms with van der Waals surface area (Å²) in [6.45, 7) is 4.97. The lowest BCUT2D eigenvalue weighted by Gasteiger charge is -2.29.